The predicted octanol–water partition coefficient (Wildman–Crippen LogP) is 5.52. The number of hydrogen-bond donors (Lipinski definition) is 1. The number of rotatable bonds is 6. The quantitative estimate of drug-likeness (QED) is 0.754. The summed E-state index contributed by atoms with van der Waals surface area (Å²) < 4.78 is 0. The molecule has 0 bridgehead atoms. The Morgan fingerprint density at radius 3 is 2.57 bits per heavy atom. The highest BCUT2D eigenvalue weighted by molar-refractivity contribution is 7.99. The molecule has 0 radical (unpaired) electrons. The molecule has 2 heteroatoms. The van der Waals surface area contributed by atoms with Crippen LogP contribution in [0.3, 0.4) is 0 Å². The molecule has 0 aliphatic carbocycles. The third kappa shape index (κ3) is 4.36. The van der Waals surface area contributed by atoms with Gasteiger partial charge in [-0.05, 0) is 62.6 Å². The first-order valence-corrected chi connectivity index (χ1v) is 8.51. The summed E-state index contributed by atoms with van der Waals surface area (Å²) in [5.41, 5.74) is 4.05. The van der Waals surface area contributed by atoms with Crippen LogP contribution in [0.4, 0.5) is 0 Å². The molecule has 1 N–H and O–H groups in total. The van der Waals surface area contributed by atoms with Gasteiger partial charge in [0, 0.05) is 15.8 Å². The van der Waals surface area contributed by atoms with Gasteiger partial charge in [-0.15, -0.1) is 0 Å². The van der Waals surface area contributed by atoms with Gasteiger partial charge < -0.3 is 5.32 Å². The zero-order chi connectivity index (χ0) is 15.2. The molecule has 112 valence electrons. The Bertz CT molecular complexity index is 592. The van der Waals surface area contributed by atoms with Crippen molar-refractivity contribution >= 4 is 11.8 Å². The van der Waals surface area contributed by atoms with Crippen LogP contribution in [0.25, 0.3) is 0 Å². The minimum atomic E-state index is 0.388. The van der Waals surface area contributed by atoms with Gasteiger partial charge in [0.1, 0.15) is 0 Å². The minimum absolute atomic E-state index is 0.388. The van der Waals surface area contributed by atoms with Crippen LogP contribution in [0.15, 0.2) is 52.3 Å². The standard InChI is InChI=1S/C19H25NS/c1-5-12-20-16(4)17-8-6-7-9-18(17)21-19-13-14(2)10-11-15(19)3/h6-11,13,16,20H,5,12H2,1-4H3. The molecule has 1 unspecified atom stereocenters. The molecule has 1 nitrogen and oxygen atoms in total. The average Bonchev–Trinajstić information content (AvgIpc) is 2.49. The zero-order valence-corrected chi connectivity index (χ0v) is 14.3. The van der Waals surface area contributed by atoms with Crippen molar-refractivity contribution in [1.29, 1.82) is 0 Å². The minimum Gasteiger partial charge on any atom is -0.310 e. The molecule has 0 aromatic heterocycles. The average molecular weight is 299 g/mol. The number of aryl methyl sites for hydroxylation is 2. The molecule has 0 aliphatic rings. The maximum atomic E-state index is 3.59. The van der Waals surface area contributed by atoms with Crippen LogP contribution in [0, 0.1) is 13.8 Å². The van der Waals surface area contributed by atoms with Gasteiger partial charge in [0.15, 0.2) is 0 Å². The van der Waals surface area contributed by atoms with Crippen molar-refractivity contribution in [1.82, 2.24) is 5.32 Å². The van der Waals surface area contributed by atoms with E-state index in [-0.39, 0.29) is 0 Å². The molecule has 2 aromatic carbocycles. The van der Waals surface area contributed by atoms with Crippen molar-refractivity contribution in [3.05, 3.63) is 59.2 Å². The van der Waals surface area contributed by atoms with Gasteiger partial charge in [-0.3, -0.25) is 0 Å². The first-order valence-electron chi connectivity index (χ1n) is 7.69. The molecule has 2 aromatic rings. The summed E-state index contributed by atoms with van der Waals surface area (Å²) in [5.74, 6) is 0. The maximum absolute atomic E-state index is 3.59. The third-order valence-electron chi connectivity index (χ3n) is 3.65. The van der Waals surface area contributed by atoms with Crippen molar-refractivity contribution in [2.24, 2.45) is 0 Å². The number of hydrogen-bond acceptors (Lipinski definition) is 2. The van der Waals surface area contributed by atoms with Gasteiger partial charge in [-0.25, -0.2) is 0 Å². The van der Waals surface area contributed by atoms with Gasteiger partial charge in [0.2, 0.25) is 0 Å². The van der Waals surface area contributed by atoms with Crippen molar-refractivity contribution in [2.75, 3.05) is 6.54 Å². The molecule has 0 fully saturated rings. The van der Waals surface area contributed by atoms with Crippen LogP contribution in [-0.2, 0) is 0 Å². The molecule has 0 spiro atoms. The van der Waals surface area contributed by atoms with E-state index in [2.05, 4.69) is 75.5 Å². The Kier molecular flexibility index (Phi) is 5.89. The van der Waals surface area contributed by atoms with E-state index in [0.717, 1.165) is 13.0 Å². The van der Waals surface area contributed by atoms with Crippen molar-refractivity contribution in [3.63, 3.8) is 0 Å². The Morgan fingerprint density at radius 1 is 1.05 bits per heavy atom. The zero-order valence-electron chi connectivity index (χ0n) is 13.4. The normalized spacial score (nSPS) is 12.4. The lowest BCUT2D eigenvalue weighted by atomic mass is 10.1. The van der Waals surface area contributed by atoms with E-state index in [0.29, 0.717) is 6.04 Å². The van der Waals surface area contributed by atoms with Crippen LogP contribution >= 0.6 is 11.8 Å². The van der Waals surface area contributed by atoms with Crippen molar-refractivity contribution in [2.45, 2.75) is 49.9 Å². The highest BCUT2D eigenvalue weighted by Crippen LogP contribution is 2.35. The molecule has 0 amide bonds. The first kappa shape index (κ1) is 16.1. The van der Waals surface area contributed by atoms with E-state index in [4.69, 9.17) is 0 Å². The monoisotopic (exact) mass is 299 g/mol. The van der Waals surface area contributed by atoms with Gasteiger partial charge in [-0.1, -0.05) is 49.0 Å². The second-order valence-corrected chi connectivity index (χ2v) is 6.67. The van der Waals surface area contributed by atoms with Gasteiger partial charge in [-0.2, -0.15) is 0 Å². The van der Waals surface area contributed by atoms with E-state index in [1.807, 2.05) is 11.8 Å². The fourth-order valence-corrected chi connectivity index (χ4v) is 3.56. The van der Waals surface area contributed by atoms with Gasteiger partial charge >= 0.3 is 0 Å². The van der Waals surface area contributed by atoms with E-state index < -0.39 is 0 Å². The molecule has 0 saturated carbocycles. The topological polar surface area (TPSA) is 12.0 Å². The molecule has 0 saturated heterocycles. The molecule has 0 heterocycles. The molecule has 0 aliphatic heterocycles. The molecular formula is C19H25NS. The second-order valence-electron chi connectivity index (χ2n) is 5.58. The molecule has 2 rings (SSSR count). The van der Waals surface area contributed by atoms with Crippen LogP contribution in [0.1, 0.15) is 43.0 Å². The summed E-state index contributed by atoms with van der Waals surface area (Å²) >= 11 is 1.88. The lowest BCUT2D eigenvalue weighted by Gasteiger charge is -2.18. The Labute approximate surface area is 133 Å². The van der Waals surface area contributed by atoms with Gasteiger partial charge in [0.05, 0.1) is 0 Å². The van der Waals surface area contributed by atoms with Crippen molar-refractivity contribution < 1.29 is 0 Å². The Balaban J connectivity index is 2.25. The van der Waals surface area contributed by atoms with Gasteiger partial charge in [0.25, 0.3) is 0 Å². The smallest absolute Gasteiger partial charge is 0.0303 e. The van der Waals surface area contributed by atoms with Crippen LogP contribution in [0.5, 0.6) is 0 Å². The number of nitrogens with one attached hydrogen (secondary N) is 1. The fourth-order valence-electron chi connectivity index (χ4n) is 2.34. The Morgan fingerprint density at radius 2 is 1.81 bits per heavy atom. The van der Waals surface area contributed by atoms with E-state index in [1.165, 1.54) is 26.5 Å². The van der Waals surface area contributed by atoms with Crippen LogP contribution in [-0.4, -0.2) is 6.54 Å². The SMILES string of the molecule is CCCNC(C)c1ccccc1Sc1cc(C)ccc1C. The van der Waals surface area contributed by atoms with E-state index in [1.54, 1.807) is 0 Å². The molecular weight excluding hydrogens is 274 g/mol. The maximum Gasteiger partial charge on any atom is 0.0303 e. The fraction of sp³-hybridized carbons (Fsp3) is 0.368. The summed E-state index contributed by atoms with van der Waals surface area (Å²) in [5, 5.41) is 3.59. The Hall–Kier alpha value is -1.25. The summed E-state index contributed by atoms with van der Waals surface area (Å²) in [6, 6.07) is 15.8. The van der Waals surface area contributed by atoms with E-state index >= 15 is 0 Å². The number of benzene rings is 2. The molecule has 21 heavy (non-hydrogen) atoms. The highest BCUT2D eigenvalue weighted by atomic mass is 32.2. The lowest BCUT2D eigenvalue weighted by molar-refractivity contribution is 0.564. The summed E-state index contributed by atoms with van der Waals surface area (Å²) in [7, 11) is 0. The second kappa shape index (κ2) is 7.67. The summed E-state index contributed by atoms with van der Waals surface area (Å²) in [6.07, 6.45) is 1.16. The highest BCUT2D eigenvalue weighted by Gasteiger charge is 2.11. The van der Waals surface area contributed by atoms with Crippen LogP contribution < -0.4 is 5.32 Å². The lowest BCUT2D eigenvalue weighted by Crippen LogP contribution is -2.19. The van der Waals surface area contributed by atoms with Crippen molar-refractivity contribution in [3.8, 4) is 0 Å². The third-order valence-corrected chi connectivity index (χ3v) is 4.90. The first-order chi connectivity index (χ1) is 10.1. The molecule has 1 atom stereocenters. The largest absolute Gasteiger partial charge is 0.310 e. The predicted molar refractivity (Wildman–Crippen MR) is 93.2 cm³/mol. The van der Waals surface area contributed by atoms with E-state index in [9.17, 15) is 0 Å². The summed E-state index contributed by atoms with van der Waals surface area (Å²) in [6.45, 7) is 9.85. The summed E-state index contributed by atoms with van der Waals surface area (Å²) in [4.78, 5) is 2.70. The van der Waals surface area contributed by atoms with Crippen LogP contribution in [0.2, 0.25) is 0 Å².